The van der Waals surface area contributed by atoms with Gasteiger partial charge in [-0.15, -0.1) is 30.6 Å². The molecule has 6 saturated heterocycles. The maximum Gasteiger partial charge on any atom is 0.496 e. The number of aliphatic imine (C=N–C) groups is 1. The number of ether oxygens (including phenoxy) is 6. The zero-order chi connectivity index (χ0) is 84.8. The van der Waals surface area contributed by atoms with E-state index in [1.807, 2.05) is 82.9 Å². The van der Waals surface area contributed by atoms with Crippen molar-refractivity contribution in [2.45, 2.75) is 128 Å². The first-order valence-electron chi connectivity index (χ1n) is 37.7. The summed E-state index contributed by atoms with van der Waals surface area (Å²) in [6.45, 7) is 17.8. The van der Waals surface area contributed by atoms with Gasteiger partial charge in [0.2, 0.25) is 23.4 Å². The molecule has 0 radical (unpaired) electrons. The molecule has 0 saturated carbocycles. The van der Waals surface area contributed by atoms with Gasteiger partial charge >= 0.3 is 44.2 Å². The average molecular weight is 1900 g/mol. The van der Waals surface area contributed by atoms with E-state index in [1.165, 1.54) is 6.20 Å². The van der Waals surface area contributed by atoms with Crippen LogP contribution in [0.15, 0.2) is 104 Å². The van der Waals surface area contributed by atoms with Crippen LogP contribution in [-0.2, 0) is 108 Å². The van der Waals surface area contributed by atoms with Crippen molar-refractivity contribution in [2.75, 3.05) is 91.6 Å². The number of aromatic nitrogens is 17. The fourth-order valence-corrected chi connectivity index (χ4v) is 17.9. The van der Waals surface area contributed by atoms with Crippen LogP contribution in [0.1, 0.15) is 61.4 Å². The number of pyridine rings is 1. The summed E-state index contributed by atoms with van der Waals surface area (Å²) in [4.78, 5) is 20.6. The summed E-state index contributed by atoms with van der Waals surface area (Å²) in [7, 11) is 1.01. The number of carbonyl (C=O) groups excluding carboxylic acids is 1. The van der Waals surface area contributed by atoms with Crippen molar-refractivity contribution in [2.24, 2.45) is 32.1 Å². The molecule has 21 rings (SSSR count). The SMILES string of the molecule is CC1(C)OB(c2cc3n(c2)CC2(COC2)Cn2c-3nnc2C(F)(F)C(F)F)OC1(C)C.COC1=NCC2(COC2)Cn2cc(Br)cc21.FC(F)C(F)(F)c1nnc2n1CC1(COC1)Cn1cc(-c3cc(Nc4ccn[nH]4)ncc3Cl)cc1-2.FC(F)C(F)(F)c1nnc2n1CC1(COC1)Cn1cc(Br)cc1-2.O=C1NCC2(COC2)Cn2cc(Br)cc21. The van der Waals surface area contributed by atoms with Crippen LogP contribution in [0.5, 0.6) is 0 Å². The second-order valence-electron chi connectivity index (χ2n) is 33.3. The molecular formula is C74H75BBr3ClF12N20O9. The van der Waals surface area contributed by atoms with Crippen molar-refractivity contribution in [3.63, 3.8) is 0 Å². The van der Waals surface area contributed by atoms with Gasteiger partial charge in [0.05, 0.1) is 146 Å². The largest absolute Gasteiger partial charge is 0.496 e. The monoisotopic (exact) mass is 1900 g/mol. The number of alkyl halides is 12. The Morgan fingerprint density at radius 2 is 0.933 bits per heavy atom. The fourth-order valence-electron chi connectivity index (χ4n) is 16.3. The minimum atomic E-state index is -4.44. The first kappa shape index (κ1) is 83.8. The third kappa shape index (κ3) is 15.2. The van der Waals surface area contributed by atoms with Gasteiger partial charge in [-0.25, -0.2) is 36.3 Å². The summed E-state index contributed by atoms with van der Waals surface area (Å²) < 4.78 is 223. The van der Waals surface area contributed by atoms with Crippen LogP contribution in [0.3, 0.4) is 0 Å². The van der Waals surface area contributed by atoms with E-state index in [4.69, 9.17) is 49.3 Å². The molecule has 3 N–H and O–H groups in total. The summed E-state index contributed by atoms with van der Waals surface area (Å²) in [5.74, 6) is -14.1. The quantitative estimate of drug-likeness (QED) is 0.0847. The van der Waals surface area contributed by atoms with Gasteiger partial charge in [-0.05, 0) is 112 Å². The van der Waals surface area contributed by atoms with Crippen LogP contribution < -0.4 is 16.1 Å². The van der Waals surface area contributed by atoms with E-state index >= 15 is 0 Å². The van der Waals surface area contributed by atoms with Gasteiger partial charge in [0.15, 0.2) is 17.5 Å². The number of hydrogen-bond acceptors (Lipinski definition) is 19. The molecule has 10 aromatic heterocycles. The fraction of sp³-hybridized carbons (Fsp3) is 0.514. The number of nitrogens with one attached hydrogen (secondary N) is 3. The highest BCUT2D eigenvalue weighted by atomic mass is 79.9. The Kier molecular flexibility index (Phi) is 21.5. The summed E-state index contributed by atoms with van der Waals surface area (Å²) >= 11 is 16.7. The Bertz CT molecular complexity index is 5550. The van der Waals surface area contributed by atoms with E-state index in [2.05, 4.69) is 120 Å². The standard InChI is InChI=1S/C21H17ClF4N8O.C19H23BF4N4O3.C13H11BrF4N4O.C11H13BrN2O2.C10H11BrN2O2/c22-13-5-27-16(29-15-1-2-28-30-15)4-12(13)11-3-14-17-31-32-19(21(25,26)18(23)24)34(17)8-20(9-35-10-20)7-33(14)6-11;1-16(2)17(3,4)31-20(30-16)11-5-12-13-25-26-15(19(23,24)14(21)22)28(13)8-18(9-29-10-18)7-27(12)6-11;14-7-1-8-9-19-20-11(13(17,18)10(15)16)22(9)4-12(5-23-6-12)3-21(8)2-7;1-15-10-9-2-8(12)3-14(9)5-11(4-13-10)6-16-7-11;11-7-1-8-9(14)12-3-10(5-15-6-10)4-13(8)2-7/h1-6,18H,7-10H2,(H2,27,28,29,30);5-6,14H,7-10H2,1-4H3;1-2,10H,3-6H2;2-3H,4-7H2,1H3;1-2H,3-6H2,(H,12,14). The van der Waals surface area contributed by atoms with E-state index in [-0.39, 0.29) is 53.8 Å². The Hall–Kier alpha value is -8.41. The number of hydrogen-bond donors (Lipinski definition) is 3. The van der Waals surface area contributed by atoms with E-state index in [0.29, 0.717) is 116 Å². The number of amides is 1. The number of halogens is 16. The summed E-state index contributed by atoms with van der Waals surface area (Å²) in [6, 6.07) is 12.5. The number of rotatable bonds is 10. The Morgan fingerprint density at radius 1 is 0.525 bits per heavy atom. The van der Waals surface area contributed by atoms with Gasteiger partial charge < -0.3 is 84.9 Å². The van der Waals surface area contributed by atoms with Crippen molar-refractivity contribution in [1.29, 1.82) is 0 Å². The molecule has 0 aliphatic carbocycles. The van der Waals surface area contributed by atoms with Crippen LogP contribution in [0, 0.1) is 27.1 Å². The molecule has 0 aromatic carbocycles. The topological polar surface area (TPSA) is 286 Å². The lowest BCUT2D eigenvalue weighted by Gasteiger charge is -2.41. The van der Waals surface area contributed by atoms with Crippen LogP contribution in [-0.4, -0.2) is 218 Å². The smallest absolute Gasteiger partial charge is 0.480 e. The van der Waals surface area contributed by atoms with Crippen LogP contribution in [0.25, 0.3) is 45.7 Å². The molecule has 10 aromatic rings. The zero-order valence-electron chi connectivity index (χ0n) is 64.4. The molecular weight excluding hydrogens is 1830 g/mol. The lowest BCUT2D eigenvalue weighted by atomic mass is 9.81. The normalized spacial score (nSPS) is 20.4. The number of aromatic amines is 1. The van der Waals surface area contributed by atoms with Crippen molar-refractivity contribution < 1.29 is 95.2 Å². The molecule has 6 fully saturated rings. The highest BCUT2D eigenvalue weighted by Gasteiger charge is 2.57. The predicted octanol–water partition coefficient (Wildman–Crippen LogP) is 12.3. The molecule has 120 heavy (non-hydrogen) atoms. The van der Waals surface area contributed by atoms with Crippen molar-refractivity contribution in [3.05, 3.63) is 133 Å². The molecule has 29 nitrogen and oxygen atoms in total. The summed E-state index contributed by atoms with van der Waals surface area (Å²) in [5, 5.41) is 34.9. The van der Waals surface area contributed by atoms with E-state index < -0.39 is 89.1 Å². The van der Waals surface area contributed by atoms with Gasteiger partial charge in [0.1, 0.15) is 23.0 Å². The van der Waals surface area contributed by atoms with Gasteiger partial charge in [-0.1, -0.05) is 11.6 Å². The van der Waals surface area contributed by atoms with Gasteiger partial charge in [0, 0.05) is 132 Å². The molecule has 46 heteroatoms. The van der Waals surface area contributed by atoms with Gasteiger partial charge in [-0.2, -0.15) is 31.4 Å². The maximum atomic E-state index is 14.4. The van der Waals surface area contributed by atoms with Crippen LogP contribution >= 0.6 is 59.4 Å². The zero-order valence-corrected chi connectivity index (χ0v) is 69.9. The number of methoxy groups -OCH3 is 1. The van der Waals surface area contributed by atoms with Crippen molar-refractivity contribution in [1.82, 2.24) is 87.6 Å². The lowest BCUT2D eigenvalue weighted by molar-refractivity contribution is -0.150. The number of fused-ring (bicyclic) bond motifs is 11. The number of anilines is 2. The second kappa shape index (κ2) is 30.8. The number of H-pyrrole nitrogens is 1. The van der Waals surface area contributed by atoms with Crippen LogP contribution in [0.4, 0.5) is 64.3 Å². The molecule has 5 spiro atoms. The molecule has 21 heterocycles. The Morgan fingerprint density at radius 3 is 1.38 bits per heavy atom. The molecule has 0 unspecified atom stereocenters. The third-order valence-corrected chi connectivity index (χ3v) is 25.0. The summed E-state index contributed by atoms with van der Waals surface area (Å²) in [6.07, 6.45) is 0.955. The molecule has 11 aliphatic rings. The predicted molar refractivity (Wildman–Crippen MR) is 415 cm³/mol. The first-order valence-corrected chi connectivity index (χ1v) is 40.4. The molecule has 640 valence electrons. The second-order valence-corrected chi connectivity index (χ2v) is 36.5. The number of nitrogens with zero attached hydrogens (tertiary/aromatic N) is 17. The molecule has 1 amide bonds. The lowest BCUT2D eigenvalue weighted by Crippen LogP contribution is -2.51. The first-order chi connectivity index (χ1) is 56.8. The van der Waals surface area contributed by atoms with Gasteiger partial charge in [-0.3, -0.25) is 9.89 Å². The Labute approximate surface area is 705 Å². The van der Waals surface area contributed by atoms with Crippen LogP contribution in [0.2, 0.25) is 5.02 Å². The average Bonchev–Trinajstić information content (AvgIpc) is 1.58. The highest BCUT2D eigenvalue weighted by molar-refractivity contribution is 9.11. The Balaban J connectivity index is 0.000000111. The molecule has 11 aliphatic heterocycles. The maximum absolute atomic E-state index is 14.4. The molecule has 0 bridgehead atoms. The minimum Gasteiger partial charge on any atom is -0.480 e. The van der Waals surface area contributed by atoms with E-state index in [1.54, 1.807) is 43.6 Å². The highest BCUT2D eigenvalue weighted by Crippen LogP contribution is 2.49. The van der Waals surface area contributed by atoms with E-state index in [9.17, 15) is 57.5 Å². The third-order valence-electron chi connectivity index (χ3n) is 23.4. The van der Waals surface area contributed by atoms with Gasteiger partial charge in [0.25, 0.3) is 5.91 Å². The minimum absolute atomic E-state index is 0.00414. The van der Waals surface area contributed by atoms with E-state index in [0.717, 1.165) is 90.5 Å². The number of carbonyl (C=O) groups is 1. The molecule has 0 atom stereocenters. The van der Waals surface area contributed by atoms with Crippen molar-refractivity contribution in [3.8, 4) is 45.7 Å². The summed E-state index contributed by atoms with van der Waals surface area (Å²) in [5.41, 5.74) is 2.99. The van der Waals surface area contributed by atoms with Crippen molar-refractivity contribution >= 4 is 95.4 Å².